The molecule has 2 aromatic rings. The van der Waals surface area contributed by atoms with Crippen molar-refractivity contribution in [1.29, 1.82) is 0 Å². The van der Waals surface area contributed by atoms with E-state index < -0.39 is 0 Å². The topological polar surface area (TPSA) is 55.9 Å². The number of nitrogens with zero attached hydrogens (tertiary/aromatic N) is 3. The number of hydrogen-bond donors (Lipinski definition) is 1. The predicted octanol–water partition coefficient (Wildman–Crippen LogP) is 3.87. The highest BCUT2D eigenvalue weighted by molar-refractivity contribution is 6.04. The van der Waals surface area contributed by atoms with Gasteiger partial charge in [0, 0.05) is 44.3 Å². The first-order chi connectivity index (χ1) is 16.1. The van der Waals surface area contributed by atoms with Gasteiger partial charge in [0.1, 0.15) is 6.17 Å². The van der Waals surface area contributed by atoms with Crippen molar-refractivity contribution in [1.82, 2.24) is 15.1 Å². The Labute approximate surface area is 196 Å². The van der Waals surface area contributed by atoms with E-state index in [4.69, 9.17) is 0 Å². The zero-order valence-electron chi connectivity index (χ0n) is 19.5. The zero-order chi connectivity index (χ0) is 22.8. The van der Waals surface area contributed by atoms with Crippen molar-refractivity contribution in [2.45, 2.75) is 57.8 Å². The van der Waals surface area contributed by atoms with Gasteiger partial charge in [-0.05, 0) is 62.8 Å². The second-order valence-corrected chi connectivity index (χ2v) is 9.50. The monoisotopic (exact) mass is 446 g/mol. The highest BCUT2D eigenvalue weighted by atomic mass is 16.2. The highest BCUT2D eigenvalue weighted by Crippen LogP contribution is 2.35. The zero-order valence-corrected chi connectivity index (χ0v) is 19.5. The Morgan fingerprint density at radius 2 is 1.79 bits per heavy atom. The van der Waals surface area contributed by atoms with Gasteiger partial charge in [0.05, 0.1) is 11.3 Å². The van der Waals surface area contributed by atoms with E-state index in [1.54, 1.807) is 0 Å². The van der Waals surface area contributed by atoms with E-state index in [0.29, 0.717) is 5.56 Å². The number of anilines is 1. The minimum absolute atomic E-state index is 0.0334. The molecule has 1 N–H and O–H groups in total. The first-order valence-corrected chi connectivity index (χ1v) is 12.4. The van der Waals surface area contributed by atoms with Gasteiger partial charge in [-0.15, -0.1) is 0 Å². The Balaban J connectivity index is 1.23. The number of nitrogens with one attached hydrogen (secondary N) is 1. The van der Waals surface area contributed by atoms with Crippen LogP contribution in [0.25, 0.3) is 0 Å². The molecular formula is C27H34N4O2. The number of carbonyl (C=O) groups is 2. The highest BCUT2D eigenvalue weighted by Gasteiger charge is 2.38. The van der Waals surface area contributed by atoms with E-state index in [2.05, 4.69) is 46.3 Å². The molecule has 6 heteroatoms. The maximum absolute atomic E-state index is 13.1. The van der Waals surface area contributed by atoms with E-state index in [-0.39, 0.29) is 24.0 Å². The summed E-state index contributed by atoms with van der Waals surface area (Å²) in [5.41, 5.74) is 3.62. The number of likely N-dealkylation sites (tertiary alicyclic amines) is 1. The van der Waals surface area contributed by atoms with Crippen molar-refractivity contribution in [3.63, 3.8) is 0 Å². The van der Waals surface area contributed by atoms with E-state index >= 15 is 0 Å². The molecule has 2 amide bonds. The van der Waals surface area contributed by atoms with Crippen LogP contribution in [0.1, 0.15) is 65.3 Å². The molecule has 174 valence electrons. The summed E-state index contributed by atoms with van der Waals surface area (Å²) in [5, 5.41) is 3.25. The lowest BCUT2D eigenvalue weighted by Crippen LogP contribution is -2.57. The third-order valence-electron chi connectivity index (χ3n) is 7.40. The van der Waals surface area contributed by atoms with Gasteiger partial charge in [0.15, 0.2) is 0 Å². The summed E-state index contributed by atoms with van der Waals surface area (Å²) in [6.45, 7) is 6.71. The largest absolute Gasteiger partial charge is 0.351 e. The number of hydrogen-bond acceptors (Lipinski definition) is 4. The normalized spacial score (nSPS) is 21.5. The summed E-state index contributed by atoms with van der Waals surface area (Å²) in [5.74, 6) is 0.0750. The van der Waals surface area contributed by atoms with E-state index in [1.165, 1.54) is 5.56 Å². The van der Waals surface area contributed by atoms with Crippen molar-refractivity contribution in [2.75, 3.05) is 31.1 Å². The van der Waals surface area contributed by atoms with Crippen LogP contribution >= 0.6 is 0 Å². The number of rotatable bonds is 5. The molecule has 0 spiro atoms. The molecule has 0 unspecified atom stereocenters. The standard InChI is InChI=1S/C27H34N4O2/c1-2-30-24-18-21(11-12-23(24)27(33)31-15-7-6-10-25(30)31)26(32)28-22-13-16-29(17-14-22)19-20-8-4-3-5-9-20/h3-5,8-9,11-12,18,22,25H,2,6-7,10,13-17,19H2,1H3,(H,28,32)/t25-/m1/s1. The van der Waals surface area contributed by atoms with Crippen LogP contribution in [-0.4, -0.2) is 60.0 Å². The van der Waals surface area contributed by atoms with Gasteiger partial charge < -0.3 is 15.1 Å². The minimum Gasteiger partial charge on any atom is -0.351 e. The molecule has 0 saturated carbocycles. The van der Waals surface area contributed by atoms with Crippen LogP contribution in [-0.2, 0) is 6.54 Å². The number of fused-ring (bicyclic) bond motifs is 2. The fourth-order valence-corrected chi connectivity index (χ4v) is 5.61. The Hall–Kier alpha value is -2.86. The summed E-state index contributed by atoms with van der Waals surface area (Å²) in [6.07, 6.45) is 5.25. The maximum atomic E-state index is 13.1. The molecular weight excluding hydrogens is 412 g/mol. The van der Waals surface area contributed by atoms with Gasteiger partial charge in [-0.1, -0.05) is 30.3 Å². The smallest absolute Gasteiger partial charge is 0.257 e. The van der Waals surface area contributed by atoms with Crippen LogP contribution in [0.2, 0.25) is 0 Å². The molecule has 0 radical (unpaired) electrons. The average molecular weight is 447 g/mol. The van der Waals surface area contributed by atoms with Crippen LogP contribution in [0.4, 0.5) is 5.69 Å². The number of amides is 2. The van der Waals surface area contributed by atoms with Crippen LogP contribution < -0.4 is 10.2 Å². The summed E-state index contributed by atoms with van der Waals surface area (Å²) in [4.78, 5) is 32.9. The van der Waals surface area contributed by atoms with Gasteiger partial charge in [0.2, 0.25) is 0 Å². The molecule has 33 heavy (non-hydrogen) atoms. The van der Waals surface area contributed by atoms with Crippen molar-refractivity contribution < 1.29 is 9.59 Å². The van der Waals surface area contributed by atoms with Gasteiger partial charge >= 0.3 is 0 Å². The molecule has 1 atom stereocenters. The van der Waals surface area contributed by atoms with Crippen LogP contribution in [0.5, 0.6) is 0 Å². The van der Waals surface area contributed by atoms with Crippen LogP contribution in [0.15, 0.2) is 48.5 Å². The summed E-state index contributed by atoms with van der Waals surface area (Å²) < 4.78 is 0. The maximum Gasteiger partial charge on any atom is 0.257 e. The number of piperidine rings is 2. The third kappa shape index (κ3) is 4.49. The molecule has 5 rings (SSSR count). The molecule has 2 fully saturated rings. The summed E-state index contributed by atoms with van der Waals surface area (Å²) >= 11 is 0. The Bertz CT molecular complexity index is 1000. The lowest BCUT2D eigenvalue weighted by atomic mass is 9.97. The molecule has 0 bridgehead atoms. The molecule has 3 aliphatic heterocycles. The minimum atomic E-state index is -0.0334. The van der Waals surface area contributed by atoms with Crippen molar-refractivity contribution in [2.24, 2.45) is 0 Å². The number of benzene rings is 2. The Morgan fingerprint density at radius 3 is 2.55 bits per heavy atom. The quantitative estimate of drug-likeness (QED) is 0.758. The first-order valence-electron chi connectivity index (χ1n) is 12.4. The molecule has 0 aliphatic carbocycles. The molecule has 6 nitrogen and oxygen atoms in total. The first kappa shape index (κ1) is 22.0. The van der Waals surface area contributed by atoms with Gasteiger partial charge in [0.25, 0.3) is 11.8 Å². The predicted molar refractivity (Wildman–Crippen MR) is 130 cm³/mol. The van der Waals surface area contributed by atoms with Gasteiger partial charge in [-0.2, -0.15) is 0 Å². The number of carbonyl (C=O) groups excluding carboxylic acids is 2. The molecule has 0 aromatic heterocycles. The van der Waals surface area contributed by atoms with Crippen LogP contribution in [0, 0.1) is 0 Å². The molecule has 3 heterocycles. The second kappa shape index (κ2) is 9.56. The third-order valence-corrected chi connectivity index (χ3v) is 7.40. The summed E-state index contributed by atoms with van der Waals surface area (Å²) in [7, 11) is 0. The molecule has 2 saturated heterocycles. The van der Waals surface area contributed by atoms with Gasteiger partial charge in [-0.25, -0.2) is 0 Å². The second-order valence-electron chi connectivity index (χ2n) is 9.50. The average Bonchev–Trinajstić information content (AvgIpc) is 2.86. The van der Waals surface area contributed by atoms with Crippen molar-refractivity contribution >= 4 is 17.5 Å². The fourth-order valence-electron chi connectivity index (χ4n) is 5.61. The lowest BCUT2D eigenvalue weighted by Gasteiger charge is -2.47. The fraction of sp³-hybridized carbons (Fsp3) is 0.481. The van der Waals surface area contributed by atoms with E-state index in [9.17, 15) is 9.59 Å². The molecule has 2 aromatic carbocycles. The Kier molecular flexibility index (Phi) is 6.36. The van der Waals surface area contributed by atoms with Crippen molar-refractivity contribution in [3.05, 3.63) is 65.2 Å². The van der Waals surface area contributed by atoms with E-state index in [0.717, 1.165) is 76.1 Å². The summed E-state index contributed by atoms with van der Waals surface area (Å²) in [6, 6.07) is 16.3. The van der Waals surface area contributed by atoms with E-state index in [1.807, 2.05) is 29.2 Å². The molecule has 3 aliphatic rings. The van der Waals surface area contributed by atoms with Crippen LogP contribution in [0.3, 0.4) is 0 Å². The van der Waals surface area contributed by atoms with Crippen molar-refractivity contribution in [3.8, 4) is 0 Å². The van der Waals surface area contributed by atoms with Gasteiger partial charge in [-0.3, -0.25) is 14.5 Å². The lowest BCUT2D eigenvalue weighted by molar-refractivity contribution is 0.0582. The Morgan fingerprint density at radius 1 is 1.00 bits per heavy atom. The SMILES string of the molecule is CCN1c2cc(C(=O)NC3CCN(Cc4ccccc4)CC3)ccc2C(=O)N2CCCC[C@@H]21.